The SMILES string of the molecule is CS(=O)(=O)c1nnc(CCCNC(=O)c2cccs2)o1. The second kappa shape index (κ2) is 6.14. The van der Waals surface area contributed by atoms with E-state index in [1.165, 1.54) is 11.3 Å². The van der Waals surface area contributed by atoms with Crippen LogP contribution < -0.4 is 5.32 Å². The van der Waals surface area contributed by atoms with E-state index in [0.717, 1.165) is 6.26 Å². The lowest BCUT2D eigenvalue weighted by atomic mass is 10.3. The quantitative estimate of drug-likeness (QED) is 0.794. The van der Waals surface area contributed by atoms with E-state index in [1.807, 2.05) is 11.4 Å². The molecule has 0 aliphatic heterocycles. The summed E-state index contributed by atoms with van der Waals surface area (Å²) in [6, 6.07) is 3.56. The van der Waals surface area contributed by atoms with E-state index < -0.39 is 9.84 Å². The van der Waals surface area contributed by atoms with Crippen molar-refractivity contribution in [3.63, 3.8) is 0 Å². The Morgan fingerprint density at radius 3 is 2.85 bits per heavy atom. The largest absolute Gasteiger partial charge is 0.413 e. The smallest absolute Gasteiger partial charge is 0.335 e. The number of rotatable bonds is 6. The Kier molecular flexibility index (Phi) is 4.50. The van der Waals surface area contributed by atoms with Gasteiger partial charge in [0.05, 0.1) is 4.88 Å². The van der Waals surface area contributed by atoms with Gasteiger partial charge in [-0.25, -0.2) is 8.42 Å². The Morgan fingerprint density at radius 2 is 2.25 bits per heavy atom. The predicted octanol–water partition coefficient (Wildman–Crippen LogP) is 0.897. The highest BCUT2D eigenvalue weighted by atomic mass is 32.2. The van der Waals surface area contributed by atoms with Crippen LogP contribution in [0.3, 0.4) is 0 Å². The van der Waals surface area contributed by atoms with Crippen LogP contribution in [0.15, 0.2) is 27.2 Å². The van der Waals surface area contributed by atoms with Crippen LogP contribution >= 0.6 is 11.3 Å². The fourth-order valence-electron chi connectivity index (χ4n) is 1.43. The summed E-state index contributed by atoms with van der Waals surface area (Å²) in [7, 11) is -3.46. The molecule has 0 saturated carbocycles. The Labute approximate surface area is 119 Å². The third kappa shape index (κ3) is 3.87. The van der Waals surface area contributed by atoms with Gasteiger partial charge >= 0.3 is 5.22 Å². The summed E-state index contributed by atoms with van der Waals surface area (Å²) in [5.41, 5.74) is 0. The van der Waals surface area contributed by atoms with Crippen molar-refractivity contribution in [1.82, 2.24) is 15.5 Å². The molecule has 0 aliphatic rings. The first kappa shape index (κ1) is 14.7. The molecule has 2 rings (SSSR count). The predicted molar refractivity (Wildman–Crippen MR) is 72.4 cm³/mol. The van der Waals surface area contributed by atoms with E-state index >= 15 is 0 Å². The number of amides is 1. The van der Waals surface area contributed by atoms with Crippen molar-refractivity contribution in [3.8, 4) is 0 Å². The van der Waals surface area contributed by atoms with Gasteiger partial charge in [-0.15, -0.1) is 16.4 Å². The van der Waals surface area contributed by atoms with Crippen LogP contribution in [0.5, 0.6) is 0 Å². The molecule has 20 heavy (non-hydrogen) atoms. The molecule has 1 N–H and O–H groups in total. The number of nitrogens with zero attached hydrogens (tertiary/aromatic N) is 2. The van der Waals surface area contributed by atoms with Gasteiger partial charge in [0.25, 0.3) is 5.91 Å². The van der Waals surface area contributed by atoms with Crippen LogP contribution in [-0.4, -0.2) is 37.3 Å². The fraction of sp³-hybridized carbons (Fsp3) is 0.364. The van der Waals surface area contributed by atoms with Crippen LogP contribution in [0.4, 0.5) is 0 Å². The Balaban J connectivity index is 1.76. The number of aryl methyl sites for hydroxylation is 1. The summed E-state index contributed by atoms with van der Waals surface area (Å²) < 4.78 is 27.3. The molecule has 9 heteroatoms. The lowest BCUT2D eigenvalue weighted by Crippen LogP contribution is -2.23. The molecule has 0 atom stereocenters. The molecule has 1 amide bonds. The minimum atomic E-state index is -3.46. The third-order valence-electron chi connectivity index (χ3n) is 2.36. The minimum Gasteiger partial charge on any atom is -0.413 e. The molecule has 0 spiro atoms. The average molecular weight is 315 g/mol. The van der Waals surface area contributed by atoms with Crippen LogP contribution in [0.2, 0.25) is 0 Å². The first-order valence-corrected chi connectivity index (χ1v) is 8.58. The monoisotopic (exact) mass is 315 g/mol. The van der Waals surface area contributed by atoms with Crippen molar-refractivity contribution in [3.05, 3.63) is 28.3 Å². The molecule has 2 aromatic rings. The van der Waals surface area contributed by atoms with Gasteiger partial charge in [-0.05, 0) is 17.9 Å². The number of carbonyl (C=O) groups excluding carboxylic acids is 1. The van der Waals surface area contributed by atoms with E-state index in [4.69, 9.17) is 4.42 Å². The van der Waals surface area contributed by atoms with Gasteiger partial charge < -0.3 is 9.73 Å². The highest BCUT2D eigenvalue weighted by molar-refractivity contribution is 7.90. The number of nitrogens with one attached hydrogen (secondary N) is 1. The molecule has 0 radical (unpaired) electrons. The van der Waals surface area contributed by atoms with Gasteiger partial charge in [0.2, 0.25) is 15.7 Å². The van der Waals surface area contributed by atoms with Crippen LogP contribution in [0.1, 0.15) is 22.0 Å². The molecule has 0 bridgehead atoms. The van der Waals surface area contributed by atoms with Crippen molar-refractivity contribution < 1.29 is 17.6 Å². The van der Waals surface area contributed by atoms with Crippen molar-refractivity contribution >= 4 is 27.1 Å². The molecule has 2 aromatic heterocycles. The molecule has 0 fully saturated rings. The van der Waals surface area contributed by atoms with Gasteiger partial charge in [0, 0.05) is 19.2 Å². The molecular weight excluding hydrogens is 302 g/mol. The van der Waals surface area contributed by atoms with E-state index in [0.29, 0.717) is 24.3 Å². The highest BCUT2D eigenvalue weighted by Gasteiger charge is 2.16. The van der Waals surface area contributed by atoms with Crippen molar-refractivity contribution in [2.75, 3.05) is 12.8 Å². The number of hydrogen-bond acceptors (Lipinski definition) is 7. The van der Waals surface area contributed by atoms with E-state index in [1.54, 1.807) is 6.07 Å². The van der Waals surface area contributed by atoms with Crippen molar-refractivity contribution in [2.24, 2.45) is 0 Å². The number of sulfone groups is 1. The molecule has 0 saturated heterocycles. The topological polar surface area (TPSA) is 102 Å². The summed E-state index contributed by atoms with van der Waals surface area (Å²) in [4.78, 5) is 12.3. The highest BCUT2D eigenvalue weighted by Crippen LogP contribution is 2.09. The van der Waals surface area contributed by atoms with Crippen LogP contribution in [0.25, 0.3) is 0 Å². The first-order valence-electron chi connectivity index (χ1n) is 5.81. The van der Waals surface area contributed by atoms with E-state index in [-0.39, 0.29) is 17.0 Å². The second-order valence-corrected chi connectivity index (χ2v) is 6.91. The van der Waals surface area contributed by atoms with Crippen molar-refractivity contribution in [2.45, 2.75) is 18.1 Å². The summed E-state index contributed by atoms with van der Waals surface area (Å²) in [6.45, 7) is 0.452. The van der Waals surface area contributed by atoms with Gasteiger partial charge in [0.1, 0.15) is 0 Å². The summed E-state index contributed by atoms with van der Waals surface area (Å²) in [5.74, 6) is 0.123. The number of thiophene rings is 1. The van der Waals surface area contributed by atoms with Gasteiger partial charge in [-0.3, -0.25) is 4.79 Å². The van der Waals surface area contributed by atoms with Gasteiger partial charge in [0.15, 0.2) is 0 Å². The Hall–Kier alpha value is -1.74. The number of carbonyl (C=O) groups is 1. The van der Waals surface area contributed by atoms with E-state index in [2.05, 4.69) is 15.5 Å². The van der Waals surface area contributed by atoms with E-state index in [9.17, 15) is 13.2 Å². The van der Waals surface area contributed by atoms with Crippen LogP contribution in [0, 0.1) is 0 Å². The number of aromatic nitrogens is 2. The zero-order chi connectivity index (χ0) is 14.6. The summed E-state index contributed by atoms with van der Waals surface area (Å²) in [6.07, 6.45) is 2.00. The summed E-state index contributed by atoms with van der Waals surface area (Å²) in [5, 5.41) is 11.3. The Bertz CT molecular complexity index is 676. The maximum atomic E-state index is 11.6. The average Bonchev–Trinajstić information content (AvgIpc) is 3.04. The molecule has 0 aromatic carbocycles. The van der Waals surface area contributed by atoms with Crippen LogP contribution in [-0.2, 0) is 16.3 Å². The molecule has 2 heterocycles. The molecule has 7 nitrogen and oxygen atoms in total. The number of hydrogen-bond donors (Lipinski definition) is 1. The van der Waals surface area contributed by atoms with Crippen molar-refractivity contribution in [1.29, 1.82) is 0 Å². The standard InChI is InChI=1S/C11H13N3O4S2/c1-20(16,17)11-14-13-9(18-11)5-2-6-12-10(15)8-4-3-7-19-8/h3-4,7H,2,5-6H2,1H3,(H,12,15). The lowest BCUT2D eigenvalue weighted by molar-refractivity contribution is 0.0957. The minimum absolute atomic E-state index is 0.123. The maximum Gasteiger partial charge on any atom is 0.335 e. The zero-order valence-corrected chi connectivity index (χ0v) is 12.3. The second-order valence-electron chi connectivity index (χ2n) is 4.07. The lowest BCUT2D eigenvalue weighted by Gasteiger charge is -2.01. The van der Waals surface area contributed by atoms with Gasteiger partial charge in [-0.1, -0.05) is 11.2 Å². The summed E-state index contributed by atoms with van der Waals surface area (Å²) >= 11 is 1.37. The Morgan fingerprint density at radius 1 is 1.45 bits per heavy atom. The molecule has 0 unspecified atom stereocenters. The van der Waals surface area contributed by atoms with Gasteiger partial charge in [-0.2, -0.15) is 0 Å². The fourth-order valence-corrected chi connectivity index (χ4v) is 2.50. The zero-order valence-electron chi connectivity index (χ0n) is 10.7. The maximum absolute atomic E-state index is 11.6. The normalized spacial score (nSPS) is 11.4. The molecule has 108 valence electrons. The third-order valence-corrected chi connectivity index (χ3v) is 4.03. The first-order chi connectivity index (χ1) is 9.47. The molecular formula is C11H13N3O4S2. The molecule has 0 aliphatic carbocycles.